The quantitative estimate of drug-likeness (QED) is 0.781. The highest BCUT2D eigenvalue weighted by molar-refractivity contribution is 5.96. The first-order valence-corrected chi connectivity index (χ1v) is 8.81. The number of nitrogens with one attached hydrogen (secondary N) is 1. The SMILES string of the molecule is CCOC(=O)c1cc(C(=O)N2CCC(c3ccc(OC)c(OC)c3)C2)n[nH]1. The molecule has 1 unspecified atom stereocenters. The zero-order valence-electron chi connectivity index (χ0n) is 15.7. The Morgan fingerprint density at radius 3 is 2.70 bits per heavy atom. The first-order chi connectivity index (χ1) is 13.1. The molecule has 1 aromatic carbocycles. The number of aromatic nitrogens is 2. The van der Waals surface area contributed by atoms with E-state index in [4.69, 9.17) is 14.2 Å². The number of ether oxygens (including phenoxy) is 3. The second-order valence-electron chi connectivity index (χ2n) is 6.24. The van der Waals surface area contributed by atoms with E-state index in [1.54, 1.807) is 26.0 Å². The number of hydrogen-bond donors (Lipinski definition) is 1. The van der Waals surface area contributed by atoms with E-state index in [2.05, 4.69) is 10.2 Å². The maximum atomic E-state index is 12.7. The van der Waals surface area contributed by atoms with E-state index < -0.39 is 5.97 Å². The molecule has 1 atom stereocenters. The Balaban J connectivity index is 1.69. The van der Waals surface area contributed by atoms with Crippen LogP contribution in [0.4, 0.5) is 0 Å². The number of rotatable bonds is 6. The van der Waals surface area contributed by atoms with Gasteiger partial charge in [0.15, 0.2) is 17.2 Å². The Kier molecular flexibility index (Phi) is 5.63. The Bertz CT molecular complexity index is 833. The maximum absolute atomic E-state index is 12.7. The molecule has 1 aliphatic heterocycles. The highest BCUT2D eigenvalue weighted by Gasteiger charge is 2.30. The van der Waals surface area contributed by atoms with Crippen molar-refractivity contribution in [2.45, 2.75) is 19.3 Å². The summed E-state index contributed by atoms with van der Waals surface area (Å²) in [6.07, 6.45) is 0.844. The summed E-state index contributed by atoms with van der Waals surface area (Å²) in [7, 11) is 3.20. The summed E-state index contributed by atoms with van der Waals surface area (Å²) < 4.78 is 15.5. The molecule has 0 spiro atoms. The van der Waals surface area contributed by atoms with Gasteiger partial charge in [0.25, 0.3) is 5.91 Å². The maximum Gasteiger partial charge on any atom is 0.356 e. The van der Waals surface area contributed by atoms with Crippen LogP contribution in [0.3, 0.4) is 0 Å². The van der Waals surface area contributed by atoms with Crippen molar-refractivity contribution in [3.8, 4) is 11.5 Å². The van der Waals surface area contributed by atoms with Crippen molar-refractivity contribution >= 4 is 11.9 Å². The molecule has 8 nitrogen and oxygen atoms in total. The number of esters is 1. The lowest BCUT2D eigenvalue weighted by Gasteiger charge is -2.16. The van der Waals surface area contributed by atoms with Gasteiger partial charge in [-0.25, -0.2) is 4.79 Å². The van der Waals surface area contributed by atoms with Crippen LogP contribution < -0.4 is 9.47 Å². The Morgan fingerprint density at radius 2 is 2.00 bits per heavy atom. The summed E-state index contributed by atoms with van der Waals surface area (Å²) in [6, 6.07) is 7.25. The Hall–Kier alpha value is -3.03. The van der Waals surface area contributed by atoms with Gasteiger partial charge in [-0.2, -0.15) is 5.10 Å². The zero-order valence-corrected chi connectivity index (χ0v) is 15.7. The number of hydrogen-bond acceptors (Lipinski definition) is 6. The topological polar surface area (TPSA) is 93.8 Å². The van der Waals surface area contributed by atoms with Crippen molar-refractivity contribution in [2.24, 2.45) is 0 Å². The Labute approximate surface area is 157 Å². The van der Waals surface area contributed by atoms with Crippen LogP contribution in [0.5, 0.6) is 11.5 Å². The minimum absolute atomic E-state index is 0.177. The summed E-state index contributed by atoms with van der Waals surface area (Å²) in [6.45, 7) is 3.19. The van der Waals surface area contributed by atoms with Gasteiger partial charge in [-0.3, -0.25) is 9.89 Å². The molecule has 144 valence electrons. The van der Waals surface area contributed by atoms with E-state index in [9.17, 15) is 9.59 Å². The van der Waals surface area contributed by atoms with Crippen LogP contribution in [0.15, 0.2) is 24.3 Å². The summed E-state index contributed by atoms with van der Waals surface area (Å²) in [5.74, 6) is 0.831. The summed E-state index contributed by atoms with van der Waals surface area (Å²) in [5, 5.41) is 6.52. The van der Waals surface area contributed by atoms with Crippen molar-refractivity contribution in [3.63, 3.8) is 0 Å². The number of aromatic amines is 1. The van der Waals surface area contributed by atoms with Crippen LogP contribution in [0.1, 0.15) is 45.8 Å². The largest absolute Gasteiger partial charge is 0.493 e. The monoisotopic (exact) mass is 373 g/mol. The van der Waals surface area contributed by atoms with Gasteiger partial charge in [0.1, 0.15) is 5.69 Å². The molecule has 2 aromatic rings. The Morgan fingerprint density at radius 1 is 1.22 bits per heavy atom. The van der Waals surface area contributed by atoms with E-state index in [0.717, 1.165) is 12.0 Å². The van der Waals surface area contributed by atoms with Crippen molar-refractivity contribution in [1.82, 2.24) is 15.1 Å². The van der Waals surface area contributed by atoms with Gasteiger partial charge in [-0.1, -0.05) is 6.07 Å². The molecule has 0 aliphatic carbocycles. The molecule has 8 heteroatoms. The minimum Gasteiger partial charge on any atom is -0.493 e. The number of carbonyl (C=O) groups is 2. The lowest BCUT2D eigenvalue weighted by molar-refractivity contribution is 0.0519. The molecule has 1 saturated heterocycles. The van der Waals surface area contributed by atoms with Crippen molar-refractivity contribution in [3.05, 3.63) is 41.2 Å². The number of carbonyl (C=O) groups excluding carboxylic acids is 2. The number of benzene rings is 1. The molecule has 27 heavy (non-hydrogen) atoms. The van der Waals surface area contributed by atoms with E-state index in [1.807, 2.05) is 18.2 Å². The van der Waals surface area contributed by atoms with Gasteiger partial charge in [-0.05, 0) is 31.0 Å². The zero-order chi connectivity index (χ0) is 19.4. The molecule has 1 aromatic heterocycles. The van der Waals surface area contributed by atoms with Gasteiger partial charge in [0, 0.05) is 25.1 Å². The molecule has 1 N–H and O–H groups in total. The summed E-state index contributed by atoms with van der Waals surface area (Å²) in [4.78, 5) is 26.1. The molecule has 2 heterocycles. The van der Waals surface area contributed by atoms with Crippen molar-refractivity contribution < 1.29 is 23.8 Å². The van der Waals surface area contributed by atoms with Crippen LogP contribution in [-0.4, -0.2) is 60.9 Å². The van der Waals surface area contributed by atoms with Crippen LogP contribution in [0.2, 0.25) is 0 Å². The van der Waals surface area contributed by atoms with Gasteiger partial charge in [-0.15, -0.1) is 0 Å². The lowest BCUT2D eigenvalue weighted by Crippen LogP contribution is -2.28. The van der Waals surface area contributed by atoms with E-state index in [1.165, 1.54) is 6.07 Å². The third-order valence-corrected chi connectivity index (χ3v) is 4.65. The van der Waals surface area contributed by atoms with E-state index in [-0.39, 0.29) is 29.8 Å². The molecule has 1 amide bonds. The first-order valence-electron chi connectivity index (χ1n) is 8.81. The fourth-order valence-corrected chi connectivity index (χ4v) is 3.23. The van der Waals surface area contributed by atoms with E-state index >= 15 is 0 Å². The fraction of sp³-hybridized carbons (Fsp3) is 0.421. The van der Waals surface area contributed by atoms with Crippen LogP contribution in [0, 0.1) is 0 Å². The van der Waals surface area contributed by atoms with E-state index in [0.29, 0.717) is 24.6 Å². The third kappa shape index (κ3) is 3.89. The van der Waals surface area contributed by atoms with Crippen LogP contribution in [-0.2, 0) is 4.74 Å². The smallest absolute Gasteiger partial charge is 0.356 e. The molecule has 0 saturated carbocycles. The van der Waals surface area contributed by atoms with Crippen LogP contribution in [0.25, 0.3) is 0 Å². The number of amides is 1. The van der Waals surface area contributed by atoms with Gasteiger partial charge >= 0.3 is 5.97 Å². The van der Waals surface area contributed by atoms with Crippen molar-refractivity contribution in [1.29, 1.82) is 0 Å². The number of methoxy groups -OCH3 is 2. The molecule has 0 bridgehead atoms. The van der Waals surface area contributed by atoms with Crippen LogP contribution >= 0.6 is 0 Å². The predicted octanol–water partition coefficient (Wildman–Crippen LogP) is 2.23. The average Bonchev–Trinajstić information content (AvgIpc) is 3.37. The van der Waals surface area contributed by atoms with Gasteiger partial charge in [0.05, 0.1) is 20.8 Å². The molecular formula is C19H23N3O5. The fourth-order valence-electron chi connectivity index (χ4n) is 3.23. The average molecular weight is 373 g/mol. The molecular weight excluding hydrogens is 350 g/mol. The first kappa shape index (κ1) is 18.8. The lowest BCUT2D eigenvalue weighted by atomic mass is 9.98. The predicted molar refractivity (Wildman–Crippen MR) is 97.4 cm³/mol. The molecule has 1 fully saturated rings. The standard InChI is InChI=1S/C19H23N3O5/c1-4-27-19(24)15-10-14(20-21-15)18(23)22-8-7-13(11-22)12-5-6-16(25-2)17(9-12)26-3/h5-6,9-10,13H,4,7-8,11H2,1-3H3,(H,20,21). The number of H-pyrrole nitrogens is 1. The highest BCUT2D eigenvalue weighted by atomic mass is 16.5. The highest BCUT2D eigenvalue weighted by Crippen LogP contribution is 2.34. The third-order valence-electron chi connectivity index (χ3n) is 4.65. The minimum atomic E-state index is -0.520. The normalized spacial score (nSPS) is 16.3. The number of likely N-dealkylation sites (tertiary alicyclic amines) is 1. The second-order valence-corrected chi connectivity index (χ2v) is 6.24. The molecule has 0 radical (unpaired) electrons. The number of nitrogens with zero attached hydrogens (tertiary/aromatic N) is 2. The second kappa shape index (κ2) is 8.11. The molecule has 3 rings (SSSR count). The van der Waals surface area contributed by atoms with Crippen molar-refractivity contribution in [2.75, 3.05) is 33.9 Å². The summed E-state index contributed by atoms with van der Waals surface area (Å²) >= 11 is 0. The van der Waals surface area contributed by atoms with Gasteiger partial charge < -0.3 is 19.1 Å². The van der Waals surface area contributed by atoms with Gasteiger partial charge in [0.2, 0.25) is 0 Å². The molecule has 1 aliphatic rings. The summed E-state index contributed by atoms with van der Waals surface area (Å²) in [5.41, 5.74) is 1.49.